The van der Waals surface area contributed by atoms with Gasteiger partial charge in [-0.1, -0.05) is 43.2 Å². The molecule has 0 unspecified atom stereocenters. The lowest BCUT2D eigenvalue weighted by Crippen LogP contribution is -1.89. The lowest BCUT2D eigenvalue weighted by atomic mass is 10.1. The fourth-order valence-electron chi connectivity index (χ4n) is 1.65. The zero-order chi connectivity index (χ0) is 11.9. The van der Waals surface area contributed by atoms with Crippen molar-refractivity contribution in [1.82, 2.24) is 0 Å². The minimum Gasteiger partial charge on any atom is -0.324 e. The van der Waals surface area contributed by atoms with Crippen LogP contribution in [-0.2, 0) is 11.0 Å². The monoisotopic (exact) mass is 242 g/mol. The van der Waals surface area contributed by atoms with Gasteiger partial charge in [0.1, 0.15) is 0 Å². The maximum atomic E-state index is 10.6. The second kappa shape index (κ2) is 6.85. The molecule has 90 valence electrons. The molecule has 0 bridgehead atoms. The number of hydrogen-bond donors (Lipinski definition) is 2. The smallest absolute Gasteiger partial charge is 0.324 e. The summed E-state index contributed by atoms with van der Waals surface area (Å²) >= 11 is 0. The van der Waals surface area contributed by atoms with Crippen molar-refractivity contribution in [2.24, 2.45) is 0 Å². The van der Waals surface area contributed by atoms with Gasteiger partial charge in [-0.2, -0.15) is 0 Å². The predicted octanol–water partition coefficient (Wildman–Crippen LogP) is 2.97. The molecule has 1 aromatic carbocycles. The van der Waals surface area contributed by atoms with E-state index in [2.05, 4.69) is 12.1 Å². The second-order valence-electron chi connectivity index (χ2n) is 4.04. The zero-order valence-electron chi connectivity index (χ0n) is 9.38. The van der Waals surface area contributed by atoms with Gasteiger partial charge >= 0.3 is 7.60 Å². The van der Waals surface area contributed by atoms with Crippen molar-refractivity contribution in [3.63, 3.8) is 0 Å². The van der Waals surface area contributed by atoms with Crippen LogP contribution in [-0.4, -0.2) is 15.9 Å². The number of benzene rings is 1. The maximum Gasteiger partial charge on any atom is 0.325 e. The predicted molar refractivity (Wildman–Crippen MR) is 65.5 cm³/mol. The van der Waals surface area contributed by atoms with E-state index in [1.165, 1.54) is 5.56 Å². The quantitative estimate of drug-likeness (QED) is 0.571. The van der Waals surface area contributed by atoms with E-state index in [4.69, 9.17) is 9.79 Å². The molecule has 0 amide bonds. The molecule has 0 radical (unpaired) electrons. The molecule has 0 spiro atoms. The fourth-order valence-corrected chi connectivity index (χ4v) is 2.28. The Morgan fingerprint density at radius 1 is 0.938 bits per heavy atom. The van der Waals surface area contributed by atoms with Crippen LogP contribution in [0.3, 0.4) is 0 Å². The van der Waals surface area contributed by atoms with Gasteiger partial charge in [0.2, 0.25) is 0 Å². The molecule has 0 saturated carbocycles. The third-order valence-electron chi connectivity index (χ3n) is 2.51. The van der Waals surface area contributed by atoms with E-state index in [-0.39, 0.29) is 6.16 Å². The highest BCUT2D eigenvalue weighted by Crippen LogP contribution is 2.35. The third-order valence-corrected chi connectivity index (χ3v) is 3.41. The summed E-state index contributed by atoms with van der Waals surface area (Å²) < 4.78 is 10.6. The van der Waals surface area contributed by atoms with E-state index in [1.807, 2.05) is 18.2 Å². The van der Waals surface area contributed by atoms with Gasteiger partial charge in [-0.05, 0) is 24.8 Å². The maximum absolute atomic E-state index is 10.6. The Morgan fingerprint density at radius 3 is 2.19 bits per heavy atom. The van der Waals surface area contributed by atoms with E-state index < -0.39 is 7.60 Å². The Morgan fingerprint density at radius 2 is 1.56 bits per heavy atom. The van der Waals surface area contributed by atoms with Crippen LogP contribution in [0.2, 0.25) is 0 Å². The molecule has 0 aliphatic heterocycles. The van der Waals surface area contributed by atoms with E-state index in [0.717, 1.165) is 25.7 Å². The Balaban J connectivity index is 2.03. The van der Waals surface area contributed by atoms with Crippen LogP contribution < -0.4 is 0 Å². The highest BCUT2D eigenvalue weighted by Gasteiger charge is 2.10. The average molecular weight is 242 g/mol. The molecule has 0 fully saturated rings. The molecule has 1 aromatic rings. The van der Waals surface area contributed by atoms with Gasteiger partial charge in [-0.25, -0.2) is 0 Å². The van der Waals surface area contributed by atoms with Crippen LogP contribution in [0.4, 0.5) is 0 Å². The first-order valence-electron chi connectivity index (χ1n) is 5.66. The molecule has 0 aliphatic carbocycles. The summed E-state index contributed by atoms with van der Waals surface area (Å²) in [5.74, 6) is 0. The van der Waals surface area contributed by atoms with Crippen LogP contribution >= 0.6 is 7.60 Å². The lowest BCUT2D eigenvalue weighted by molar-refractivity contribution is 0.370. The summed E-state index contributed by atoms with van der Waals surface area (Å²) in [4.78, 5) is 17.3. The van der Waals surface area contributed by atoms with E-state index in [0.29, 0.717) is 6.42 Å². The summed E-state index contributed by atoms with van der Waals surface area (Å²) in [6, 6.07) is 10.3. The minimum atomic E-state index is -3.77. The van der Waals surface area contributed by atoms with Crippen molar-refractivity contribution in [2.75, 3.05) is 6.16 Å². The summed E-state index contributed by atoms with van der Waals surface area (Å²) in [6.45, 7) is 0. The van der Waals surface area contributed by atoms with Crippen molar-refractivity contribution < 1.29 is 14.4 Å². The molecule has 0 heterocycles. The highest BCUT2D eigenvalue weighted by molar-refractivity contribution is 7.51. The molecule has 0 atom stereocenters. The van der Waals surface area contributed by atoms with Crippen LogP contribution in [0.15, 0.2) is 30.3 Å². The molecular weight excluding hydrogens is 223 g/mol. The normalized spacial score (nSPS) is 11.6. The van der Waals surface area contributed by atoms with Crippen molar-refractivity contribution in [3.8, 4) is 0 Å². The SMILES string of the molecule is O=P(O)(O)CCCCCCc1ccccc1. The summed E-state index contributed by atoms with van der Waals surface area (Å²) in [5.41, 5.74) is 1.33. The Bertz CT molecular complexity index is 331. The van der Waals surface area contributed by atoms with E-state index in [1.54, 1.807) is 0 Å². The average Bonchev–Trinajstić information content (AvgIpc) is 2.23. The molecule has 0 saturated heterocycles. The van der Waals surface area contributed by atoms with Crippen molar-refractivity contribution in [3.05, 3.63) is 35.9 Å². The molecule has 1 rings (SSSR count). The second-order valence-corrected chi connectivity index (χ2v) is 5.81. The number of aryl methyl sites for hydroxylation is 1. The molecular formula is C12H19O3P. The van der Waals surface area contributed by atoms with Gasteiger partial charge in [0.05, 0.1) is 0 Å². The van der Waals surface area contributed by atoms with Crippen LogP contribution in [0.5, 0.6) is 0 Å². The lowest BCUT2D eigenvalue weighted by Gasteiger charge is -2.03. The van der Waals surface area contributed by atoms with Gasteiger partial charge in [0, 0.05) is 6.16 Å². The Kier molecular flexibility index (Phi) is 5.75. The number of rotatable bonds is 7. The standard InChI is InChI=1S/C12H19O3P/c13-16(14,15)11-7-2-1-4-8-12-9-5-3-6-10-12/h3,5-6,9-10H,1-2,4,7-8,11H2,(H2,13,14,15). The van der Waals surface area contributed by atoms with E-state index in [9.17, 15) is 4.57 Å². The Labute approximate surface area is 96.7 Å². The summed E-state index contributed by atoms with van der Waals surface area (Å²) in [7, 11) is -3.77. The van der Waals surface area contributed by atoms with Gasteiger partial charge < -0.3 is 9.79 Å². The third kappa shape index (κ3) is 6.78. The molecule has 0 aromatic heterocycles. The zero-order valence-corrected chi connectivity index (χ0v) is 10.3. The Hall–Kier alpha value is -0.630. The van der Waals surface area contributed by atoms with Crippen LogP contribution in [0.25, 0.3) is 0 Å². The molecule has 16 heavy (non-hydrogen) atoms. The first-order valence-corrected chi connectivity index (χ1v) is 7.46. The summed E-state index contributed by atoms with van der Waals surface area (Å²) in [6.07, 6.45) is 4.73. The fraction of sp³-hybridized carbons (Fsp3) is 0.500. The molecule has 3 nitrogen and oxygen atoms in total. The number of unbranched alkanes of at least 4 members (excludes halogenated alkanes) is 3. The molecule has 2 N–H and O–H groups in total. The molecule has 4 heteroatoms. The first-order chi connectivity index (χ1) is 7.58. The minimum absolute atomic E-state index is 0.0261. The van der Waals surface area contributed by atoms with Crippen molar-refractivity contribution in [2.45, 2.75) is 32.1 Å². The van der Waals surface area contributed by atoms with Gasteiger partial charge in [-0.3, -0.25) is 4.57 Å². The topological polar surface area (TPSA) is 57.5 Å². The van der Waals surface area contributed by atoms with E-state index >= 15 is 0 Å². The van der Waals surface area contributed by atoms with Gasteiger partial charge in [0.25, 0.3) is 0 Å². The largest absolute Gasteiger partial charge is 0.325 e. The van der Waals surface area contributed by atoms with Crippen molar-refractivity contribution >= 4 is 7.60 Å². The molecule has 0 aliphatic rings. The van der Waals surface area contributed by atoms with Gasteiger partial charge in [0.15, 0.2) is 0 Å². The van der Waals surface area contributed by atoms with Crippen LogP contribution in [0.1, 0.15) is 31.2 Å². The van der Waals surface area contributed by atoms with Crippen molar-refractivity contribution in [1.29, 1.82) is 0 Å². The van der Waals surface area contributed by atoms with Crippen LogP contribution in [0, 0.1) is 0 Å². The van der Waals surface area contributed by atoms with Gasteiger partial charge in [-0.15, -0.1) is 0 Å². The number of hydrogen-bond acceptors (Lipinski definition) is 1. The highest BCUT2D eigenvalue weighted by atomic mass is 31.2. The summed E-state index contributed by atoms with van der Waals surface area (Å²) in [5, 5.41) is 0. The first kappa shape index (κ1) is 13.4.